The summed E-state index contributed by atoms with van der Waals surface area (Å²) in [5.74, 6) is 0.886. The summed E-state index contributed by atoms with van der Waals surface area (Å²) in [6.07, 6.45) is 3.70. The van der Waals surface area contributed by atoms with Gasteiger partial charge in [-0.3, -0.25) is 9.59 Å². The molecular weight excluding hydrogens is 388 g/mol. The largest absolute Gasteiger partial charge is 0.361 e. The lowest BCUT2D eigenvalue weighted by Gasteiger charge is -2.10. The maximum atomic E-state index is 12.8. The van der Waals surface area contributed by atoms with E-state index in [1.165, 1.54) is 11.8 Å². The van der Waals surface area contributed by atoms with E-state index in [2.05, 4.69) is 20.8 Å². The Morgan fingerprint density at radius 2 is 2.03 bits per heavy atom. The molecule has 29 heavy (non-hydrogen) atoms. The summed E-state index contributed by atoms with van der Waals surface area (Å²) in [6, 6.07) is 12.5. The van der Waals surface area contributed by atoms with Crippen LogP contribution in [-0.2, 0) is 5.75 Å². The molecule has 1 aliphatic rings. The van der Waals surface area contributed by atoms with Crippen LogP contribution >= 0.6 is 11.8 Å². The molecule has 7 nitrogen and oxygen atoms in total. The number of nitrogens with zero attached hydrogens (tertiary/aromatic N) is 2. The summed E-state index contributed by atoms with van der Waals surface area (Å²) in [4.78, 5) is 29.4. The fourth-order valence-corrected chi connectivity index (χ4v) is 3.61. The van der Waals surface area contributed by atoms with Crippen LogP contribution in [0.4, 0.5) is 5.69 Å². The van der Waals surface area contributed by atoms with Crippen LogP contribution in [0.3, 0.4) is 0 Å². The van der Waals surface area contributed by atoms with Crippen molar-refractivity contribution < 1.29 is 14.1 Å². The zero-order valence-electron chi connectivity index (χ0n) is 15.8. The van der Waals surface area contributed by atoms with E-state index in [0.29, 0.717) is 27.6 Å². The monoisotopic (exact) mass is 408 g/mol. The Labute approximate surface area is 172 Å². The van der Waals surface area contributed by atoms with Crippen molar-refractivity contribution in [2.24, 2.45) is 0 Å². The van der Waals surface area contributed by atoms with Gasteiger partial charge in [-0.05, 0) is 50.1 Å². The van der Waals surface area contributed by atoms with Gasteiger partial charge in [0, 0.05) is 35.3 Å². The van der Waals surface area contributed by atoms with Gasteiger partial charge in [0.05, 0.1) is 11.3 Å². The molecule has 1 fully saturated rings. The molecule has 2 aromatic heterocycles. The predicted octanol–water partition coefficient (Wildman–Crippen LogP) is 3.81. The van der Waals surface area contributed by atoms with Crippen LogP contribution in [-0.4, -0.2) is 28.0 Å². The number of benzene rings is 1. The van der Waals surface area contributed by atoms with Crippen LogP contribution < -0.4 is 10.6 Å². The molecule has 0 unspecified atom stereocenters. The molecule has 0 spiro atoms. The van der Waals surface area contributed by atoms with Gasteiger partial charge < -0.3 is 15.2 Å². The minimum atomic E-state index is -0.281. The highest BCUT2D eigenvalue weighted by molar-refractivity contribution is 7.98. The van der Waals surface area contributed by atoms with Crippen LogP contribution in [0.15, 0.2) is 58.2 Å². The molecule has 148 valence electrons. The van der Waals surface area contributed by atoms with E-state index in [1.54, 1.807) is 42.6 Å². The third-order valence-electron chi connectivity index (χ3n) is 4.34. The first-order chi connectivity index (χ1) is 14.1. The van der Waals surface area contributed by atoms with Crippen LogP contribution in [0.2, 0.25) is 0 Å². The Hall–Kier alpha value is -3.13. The highest BCUT2D eigenvalue weighted by Crippen LogP contribution is 2.25. The Kier molecular flexibility index (Phi) is 5.62. The summed E-state index contributed by atoms with van der Waals surface area (Å²) in [7, 11) is 0. The summed E-state index contributed by atoms with van der Waals surface area (Å²) in [6.45, 7) is 1.83. The van der Waals surface area contributed by atoms with Crippen molar-refractivity contribution in [3.8, 4) is 0 Å². The van der Waals surface area contributed by atoms with E-state index < -0.39 is 0 Å². The van der Waals surface area contributed by atoms with Gasteiger partial charge in [0.1, 0.15) is 10.8 Å². The number of amides is 2. The molecule has 8 heteroatoms. The smallest absolute Gasteiger partial charge is 0.258 e. The van der Waals surface area contributed by atoms with Crippen molar-refractivity contribution in [1.82, 2.24) is 15.5 Å². The molecule has 2 N–H and O–H groups in total. The number of hydrogen-bond acceptors (Lipinski definition) is 6. The molecule has 0 bridgehead atoms. The standard InChI is InChI=1S/C21H20N4O3S/c1-13-10-17(25-28-13)12-29-21-18(6-3-9-22-21)20(27)24-16-5-2-4-14(11-16)19(26)23-15-7-8-15/h2-6,9-11,15H,7-8,12H2,1H3,(H,23,26)(H,24,27). The Balaban J connectivity index is 1.45. The normalized spacial score (nSPS) is 13.1. The lowest BCUT2D eigenvalue weighted by atomic mass is 10.1. The molecule has 1 saturated carbocycles. The molecule has 2 heterocycles. The van der Waals surface area contributed by atoms with Crippen molar-refractivity contribution in [1.29, 1.82) is 0 Å². The van der Waals surface area contributed by atoms with E-state index in [1.807, 2.05) is 13.0 Å². The van der Waals surface area contributed by atoms with Gasteiger partial charge >= 0.3 is 0 Å². The molecule has 1 aliphatic carbocycles. The highest BCUT2D eigenvalue weighted by Gasteiger charge is 2.24. The van der Waals surface area contributed by atoms with Crippen LogP contribution in [0.1, 0.15) is 45.0 Å². The first-order valence-electron chi connectivity index (χ1n) is 9.31. The van der Waals surface area contributed by atoms with Gasteiger partial charge in [-0.15, -0.1) is 0 Å². The number of aromatic nitrogens is 2. The second-order valence-corrected chi connectivity index (χ2v) is 7.82. The third kappa shape index (κ3) is 5.03. The molecule has 3 aromatic rings. The second-order valence-electron chi connectivity index (χ2n) is 6.86. The molecule has 0 atom stereocenters. The van der Waals surface area contributed by atoms with E-state index in [0.717, 1.165) is 24.3 Å². The second kappa shape index (κ2) is 8.48. The van der Waals surface area contributed by atoms with Gasteiger partial charge in [-0.2, -0.15) is 0 Å². The Morgan fingerprint density at radius 1 is 1.17 bits per heavy atom. The minimum Gasteiger partial charge on any atom is -0.361 e. The van der Waals surface area contributed by atoms with E-state index >= 15 is 0 Å². The predicted molar refractivity (Wildman–Crippen MR) is 110 cm³/mol. The summed E-state index contributed by atoms with van der Waals surface area (Å²) < 4.78 is 5.07. The Bertz CT molecular complexity index is 1050. The quantitative estimate of drug-likeness (QED) is 0.577. The lowest BCUT2D eigenvalue weighted by Crippen LogP contribution is -2.25. The molecule has 0 saturated heterocycles. The van der Waals surface area contributed by atoms with Crippen LogP contribution in [0, 0.1) is 6.92 Å². The maximum Gasteiger partial charge on any atom is 0.258 e. The number of nitrogens with one attached hydrogen (secondary N) is 2. The first-order valence-corrected chi connectivity index (χ1v) is 10.3. The number of rotatable bonds is 7. The molecule has 2 amide bonds. The molecule has 0 aliphatic heterocycles. The first kappa shape index (κ1) is 19.2. The van der Waals surface area contributed by atoms with Gasteiger partial charge in [-0.25, -0.2) is 4.98 Å². The Morgan fingerprint density at radius 3 is 2.79 bits per heavy atom. The van der Waals surface area contributed by atoms with Crippen molar-refractivity contribution in [3.63, 3.8) is 0 Å². The highest BCUT2D eigenvalue weighted by atomic mass is 32.2. The number of carbonyl (C=O) groups is 2. The third-order valence-corrected chi connectivity index (χ3v) is 5.38. The number of aryl methyl sites for hydroxylation is 1. The molecule has 4 rings (SSSR count). The zero-order valence-corrected chi connectivity index (χ0v) is 16.7. The SMILES string of the molecule is Cc1cc(CSc2ncccc2C(=O)Nc2cccc(C(=O)NC3CC3)c2)no1. The maximum absolute atomic E-state index is 12.8. The van der Waals surface area contributed by atoms with Crippen LogP contribution in [0.5, 0.6) is 0 Å². The molecule has 0 radical (unpaired) electrons. The summed E-state index contributed by atoms with van der Waals surface area (Å²) in [5.41, 5.74) is 2.34. The number of hydrogen-bond donors (Lipinski definition) is 2. The average molecular weight is 408 g/mol. The topological polar surface area (TPSA) is 97.1 Å². The summed E-state index contributed by atoms with van der Waals surface area (Å²) >= 11 is 1.42. The van der Waals surface area contributed by atoms with Crippen molar-refractivity contribution in [2.45, 2.75) is 36.6 Å². The van der Waals surface area contributed by atoms with Crippen molar-refractivity contribution >= 4 is 29.3 Å². The number of pyridine rings is 1. The minimum absolute atomic E-state index is 0.121. The van der Waals surface area contributed by atoms with E-state index in [-0.39, 0.29) is 17.9 Å². The van der Waals surface area contributed by atoms with Gasteiger partial charge in [0.25, 0.3) is 11.8 Å². The number of anilines is 1. The molecule has 1 aromatic carbocycles. The van der Waals surface area contributed by atoms with Gasteiger partial charge in [-0.1, -0.05) is 23.0 Å². The van der Waals surface area contributed by atoms with E-state index in [9.17, 15) is 9.59 Å². The average Bonchev–Trinajstić information content (AvgIpc) is 3.44. The fraction of sp³-hybridized carbons (Fsp3) is 0.238. The van der Waals surface area contributed by atoms with Crippen LogP contribution in [0.25, 0.3) is 0 Å². The zero-order chi connectivity index (χ0) is 20.2. The van der Waals surface area contributed by atoms with Gasteiger partial charge in [0.15, 0.2) is 0 Å². The van der Waals surface area contributed by atoms with E-state index in [4.69, 9.17) is 4.52 Å². The fourth-order valence-electron chi connectivity index (χ4n) is 2.74. The molecular formula is C21H20N4O3S. The lowest BCUT2D eigenvalue weighted by molar-refractivity contribution is 0.0949. The van der Waals surface area contributed by atoms with Crippen molar-refractivity contribution in [2.75, 3.05) is 5.32 Å². The summed E-state index contributed by atoms with van der Waals surface area (Å²) in [5, 5.41) is 10.4. The number of thioether (sulfide) groups is 1. The van der Waals surface area contributed by atoms with Crippen molar-refractivity contribution in [3.05, 3.63) is 71.2 Å². The van der Waals surface area contributed by atoms with Gasteiger partial charge in [0.2, 0.25) is 0 Å². The number of carbonyl (C=O) groups excluding carboxylic acids is 2.